The van der Waals surface area contributed by atoms with Crippen LogP contribution in [0, 0.1) is 3.57 Å². The average molecular weight is 609 g/mol. The summed E-state index contributed by atoms with van der Waals surface area (Å²) in [5, 5.41) is 15.4. The molecule has 3 aromatic heterocycles. The molecule has 0 saturated carbocycles. The molecule has 184 valence electrons. The molecule has 1 aromatic carbocycles. The van der Waals surface area contributed by atoms with E-state index < -0.39 is 24.5 Å². The summed E-state index contributed by atoms with van der Waals surface area (Å²) in [7, 11) is 0. The number of halogens is 7. The predicted octanol–water partition coefficient (Wildman–Crippen LogP) is 4.04. The SMILES string of the molecule is OC(CNc1nc(-c2cn3ncnc3c(Cc3ccccc3)n2)ncc1I)(C(F)(F)F)C(F)(F)F. The molecule has 0 amide bonds. The number of fused-ring (bicyclic) bond motifs is 1. The molecule has 2 N–H and O–H groups in total. The number of anilines is 1. The molecule has 0 atom stereocenters. The van der Waals surface area contributed by atoms with Crippen molar-refractivity contribution in [2.45, 2.75) is 24.4 Å². The number of alkyl halides is 6. The Balaban J connectivity index is 1.69. The number of aliphatic hydroxyl groups is 1. The smallest absolute Gasteiger partial charge is 0.372 e. The lowest BCUT2D eigenvalue weighted by Crippen LogP contribution is -2.61. The van der Waals surface area contributed by atoms with E-state index in [0.717, 1.165) is 5.56 Å². The maximum absolute atomic E-state index is 13.0. The van der Waals surface area contributed by atoms with Gasteiger partial charge in [-0.2, -0.15) is 31.4 Å². The van der Waals surface area contributed by atoms with E-state index in [-0.39, 0.29) is 20.9 Å². The van der Waals surface area contributed by atoms with E-state index in [9.17, 15) is 31.4 Å². The van der Waals surface area contributed by atoms with Crippen molar-refractivity contribution in [2.75, 3.05) is 11.9 Å². The Kier molecular flexibility index (Phi) is 6.56. The first kappa shape index (κ1) is 25.0. The van der Waals surface area contributed by atoms with Crippen LogP contribution in [0.4, 0.5) is 32.2 Å². The van der Waals surface area contributed by atoms with Crippen LogP contribution in [0.3, 0.4) is 0 Å². The Morgan fingerprint density at radius 1 is 0.971 bits per heavy atom. The van der Waals surface area contributed by atoms with Crippen molar-refractivity contribution in [3.63, 3.8) is 0 Å². The standard InChI is InChI=1S/C20H14F6IN7O/c21-19(22,23)18(35,20(24,25)26)9-29-15-12(27)7-28-16(33-15)14-8-34-17(30-10-31-34)13(32-14)6-11-4-2-1-3-5-11/h1-5,7-8,10,35H,6,9H2,(H,28,29,33). The van der Waals surface area contributed by atoms with Gasteiger partial charge in [0.2, 0.25) is 0 Å². The maximum atomic E-state index is 13.0. The summed E-state index contributed by atoms with van der Waals surface area (Å²) in [6.07, 6.45) is -7.61. The van der Waals surface area contributed by atoms with Gasteiger partial charge in [-0.05, 0) is 28.2 Å². The highest BCUT2D eigenvalue weighted by Gasteiger charge is 2.70. The van der Waals surface area contributed by atoms with Crippen LogP contribution in [0.5, 0.6) is 0 Å². The first-order valence-electron chi connectivity index (χ1n) is 9.75. The van der Waals surface area contributed by atoms with Gasteiger partial charge in [-0.3, -0.25) is 0 Å². The fourth-order valence-electron chi connectivity index (χ4n) is 3.09. The minimum atomic E-state index is -5.97. The van der Waals surface area contributed by atoms with Crippen LogP contribution in [0.25, 0.3) is 17.2 Å². The van der Waals surface area contributed by atoms with Crippen molar-refractivity contribution < 1.29 is 31.4 Å². The highest BCUT2D eigenvalue weighted by Crippen LogP contribution is 2.43. The van der Waals surface area contributed by atoms with E-state index in [0.29, 0.717) is 17.8 Å². The molecule has 0 radical (unpaired) electrons. The van der Waals surface area contributed by atoms with Gasteiger partial charge in [-0.25, -0.2) is 24.5 Å². The third kappa shape index (κ3) is 5.00. The number of hydrogen-bond acceptors (Lipinski definition) is 7. The molecule has 3 heterocycles. The quantitative estimate of drug-likeness (QED) is 0.252. The highest BCUT2D eigenvalue weighted by atomic mass is 127. The minimum absolute atomic E-state index is 0.0813. The Hall–Kier alpha value is -3.08. The molecule has 0 unspecified atom stereocenters. The van der Waals surface area contributed by atoms with Crippen molar-refractivity contribution in [3.8, 4) is 11.5 Å². The second-order valence-electron chi connectivity index (χ2n) is 7.36. The summed E-state index contributed by atoms with van der Waals surface area (Å²) in [4.78, 5) is 16.8. The molecule has 0 aliphatic carbocycles. The van der Waals surface area contributed by atoms with E-state index in [1.54, 1.807) is 22.6 Å². The molecule has 4 rings (SSSR count). The van der Waals surface area contributed by atoms with Crippen molar-refractivity contribution in [1.82, 2.24) is 29.5 Å². The monoisotopic (exact) mass is 609 g/mol. The predicted molar refractivity (Wildman–Crippen MR) is 119 cm³/mol. The molecule has 0 saturated heterocycles. The molecule has 35 heavy (non-hydrogen) atoms. The normalized spacial score (nSPS) is 12.8. The number of aromatic nitrogens is 6. The molecule has 4 aromatic rings. The minimum Gasteiger partial charge on any atom is -0.372 e. The summed E-state index contributed by atoms with van der Waals surface area (Å²) in [5.74, 6) is -0.421. The van der Waals surface area contributed by atoms with Gasteiger partial charge in [0.15, 0.2) is 11.5 Å². The first-order chi connectivity index (χ1) is 16.4. The molecule has 0 bridgehead atoms. The summed E-state index contributed by atoms with van der Waals surface area (Å²) in [6.45, 7) is -1.90. The van der Waals surface area contributed by atoms with Gasteiger partial charge in [0.25, 0.3) is 5.60 Å². The van der Waals surface area contributed by atoms with Gasteiger partial charge >= 0.3 is 12.4 Å². The fraction of sp³-hybridized carbons (Fsp3) is 0.250. The third-order valence-electron chi connectivity index (χ3n) is 4.97. The summed E-state index contributed by atoms with van der Waals surface area (Å²) in [5.41, 5.74) is -2.93. The van der Waals surface area contributed by atoms with Crippen LogP contribution < -0.4 is 5.32 Å². The lowest BCUT2D eigenvalue weighted by Gasteiger charge is -2.32. The van der Waals surface area contributed by atoms with Gasteiger partial charge in [-0.15, -0.1) is 0 Å². The van der Waals surface area contributed by atoms with E-state index in [2.05, 4.69) is 25.0 Å². The number of rotatable bonds is 6. The maximum Gasteiger partial charge on any atom is 0.428 e. The second-order valence-corrected chi connectivity index (χ2v) is 8.53. The zero-order valence-corrected chi connectivity index (χ0v) is 19.5. The van der Waals surface area contributed by atoms with Crippen LogP contribution >= 0.6 is 22.6 Å². The van der Waals surface area contributed by atoms with Crippen LogP contribution in [0.1, 0.15) is 11.3 Å². The van der Waals surface area contributed by atoms with Crippen LogP contribution in [0.15, 0.2) is 49.1 Å². The third-order valence-corrected chi connectivity index (χ3v) is 5.76. The summed E-state index contributed by atoms with van der Waals surface area (Å²) >= 11 is 1.65. The van der Waals surface area contributed by atoms with Crippen LogP contribution in [0.2, 0.25) is 0 Å². The van der Waals surface area contributed by atoms with Crippen molar-refractivity contribution in [2.24, 2.45) is 0 Å². The largest absolute Gasteiger partial charge is 0.428 e. The van der Waals surface area contributed by atoms with E-state index >= 15 is 0 Å². The van der Waals surface area contributed by atoms with Gasteiger partial charge < -0.3 is 10.4 Å². The van der Waals surface area contributed by atoms with Gasteiger partial charge in [0.1, 0.15) is 17.8 Å². The average Bonchev–Trinajstić information content (AvgIpc) is 3.26. The van der Waals surface area contributed by atoms with Gasteiger partial charge in [-0.1, -0.05) is 30.3 Å². The lowest BCUT2D eigenvalue weighted by atomic mass is 10.0. The molecule has 0 fully saturated rings. The molecular weight excluding hydrogens is 595 g/mol. The van der Waals surface area contributed by atoms with Crippen molar-refractivity contribution in [3.05, 3.63) is 63.9 Å². The van der Waals surface area contributed by atoms with Crippen molar-refractivity contribution in [1.29, 1.82) is 0 Å². The molecule has 15 heteroatoms. The first-order valence-corrected chi connectivity index (χ1v) is 10.8. The van der Waals surface area contributed by atoms with E-state index in [4.69, 9.17) is 0 Å². The molecule has 8 nitrogen and oxygen atoms in total. The molecular formula is C20H14F6IN7O. The molecule has 0 aliphatic heterocycles. The summed E-state index contributed by atoms with van der Waals surface area (Å²) in [6, 6.07) is 9.32. The lowest BCUT2D eigenvalue weighted by molar-refractivity contribution is -0.362. The Bertz CT molecular complexity index is 1330. The highest BCUT2D eigenvalue weighted by molar-refractivity contribution is 14.1. The van der Waals surface area contributed by atoms with Gasteiger partial charge in [0.05, 0.1) is 22.0 Å². The van der Waals surface area contributed by atoms with Gasteiger partial charge in [0, 0.05) is 12.6 Å². The van der Waals surface area contributed by atoms with E-state index in [1.165, 1.54) is 23.2 Å². The Labute approximate surface area is 206 Å². The fourth-order valence-corrected chi connectivity index (χ4v) is 3.54. The molecule has 0 aliphatic rings. The number of nitrogens with one attached hydrogen (secondary N) is 1. The number of nitrogens with zero attached hydrogens (tertiary/aromatic N) is 6. The van der Waals surface area contributed by atoms with Crippen molar-refractivity contribution >= 4 is 34.1 Å². The zero-order valence-electron chi connectivity index (χ0n) is 17.3. The molecule has 0 spiro atoms. The Morgan fingerprint density at radius 2 is 1.66 bits per heavy atom. The van der Waals surface area contributed by atoms with Crippen LogP contribution in [-0.2, 0) is 6.42 Å². The zero-order chi connectivity index (χ0) is 25.4. The van der Waals surface area contributed by atoms with Crippen LogP contribution in [-0.4, -0.2) is 59.2 Å². The van der Waals surface area contributed by atoms with E-state index in [1.807, 2.05) is 35.6 Å². The Morgan fingerprint density at radius 3 is 2.31 bits per heavy atom. The second kappa shape index (κ2) is 9.18. The summed E-state index contributed by atoms with van der Waals surface area (Å²) < 4.78 is 79.7. The number of benzene rings is 1. The topological polar surface area (TPSA) is 101 Å². The number of hydrogen-bond donors (Lipinski definition) is 2.